The third kappa shape index (κ3) is 7.69. The molecule has 0 unspecified atom stereocenters. The first-order valence-corrected chi connectivity index (χ1v) is 12.4. The Bertz CT molecular complexity index is 1050. The van der Waals surface area contributed by atoms with Crippen molar-refractivity contribution >= 4 is 6.09 Å². The van der Waals surface area contributed by atoms with Gasteiger partial charge in [-0.05, 0) is 37.5 Å². The molecule has 0 aliphatic heterocycles. The first-order valence-electron chi connectivity index (χ1n) is 12.4. The van der Waals surface area contributed by atoms with Crippen molar-refractivity contribution in [3.05, 3.63) is 133 Å². The number of amides is 1. The predicted molar refractivity (Wildman–Crippen MR) is 148 cm³/mol. The van der Waals surface area contributed by atoms with Crippen LogP contribution in [-0.2, 0) is 17.8 Å². The Hall–Kier alpha value is -3.63. The van der Waals surface area contributed by atoms with E-state index in [1.165, 1.54) is 11.1 Å². The fourth-order valence-electron chi connectivity index (χ4n) is 4.35. The molecule has 0 aromatic heterocycles. The van der Waals surface area contributed by atoms with E-state index in [9.17, 15) is 4.79 Å². The molecule has 1 amide bonds. The summed E-state index contributed by atoms with van der Waals surface area (Å²) in [6.45, 7) is 15.6. The molecule has 3 aromatic rings. The molecule has 0 spiro atoms. The van der Waals surface area contributed by atoms with Crippen LogP contribution in [0, 0.1) is 0 Å². The number of hydrogen-bond donors (Lipinski definition) is 0. The highest BCUT2D eigenvalue weighted by Gasteiger charge is 2.36. The maximum atomic E-state index is 13.5. The normalized spacial score (nSPS) is 13.0. The van der Waals surface area contributed by atoms with Gasteiger partial charge in [0.1, 0.15) is 5.60 Å². The minimum absolute atomic E-state index is 0.194. The van der Waals surface area contributed by atoms with Gasteiger partial charge in [0.25, 0.3) is 0 Å². The van der Waals surface area contributed by atoms with Crippen LogP contribution >= 0.6 is 0 Å². The standard InChI is InChI=1S/C32H38N2O2/c1-6-23-34(31(35)36-32(3,4)5)30(28-21-15-10-16-22-28)29(7-2)33(24-26-17-11-8-12-18-26)25-27-19-13-9-14-20-27/h6-22,29-30H,1-2,23-25H2,3-5H3/t29-,30+/m1/s1. The zero-order valence-electron chi connectivity index (χ0n) is 21.7. The molecule has 0 heterocycles. The van der Waals surface area contributed by atoms with Crippen molar-refractivity contribution in [3.63, 3.8) is 0 Å². The maximum absolute atomic E-state index is 13.5. The van der Waals surface area contributed by atoms with Crippen LogP contribution in [-0.4, -0.2) is 34.1 Å². The molecule has 0 aliphatic rings. The molecule has 4 nitrogen and oxygen atoms in total. The lowest BCUT2D eigenvalue weighted by Crippen LogP contribution is -2.48. The smallest absolute Gasteiger partial charge is 0.411 e. The quantitative estimate of drug-likeness (QED) is 0.267. The van der Waals surface area contributed by atoms with Gasteiger partial charge in [-0.1, -0.05) is 103 Å². The van der Waals surface area contributed by atoms with E-state index < -0.39 is 5.60 Å². The van der Waals surface area contributed by atoms with E-state index >= 15 is 0 Å². The second-order valence-corrected chi connectivity index (χ2v) is 9.88. The molecule has 0 saturated carbocycles. The summed E-state index contributed by atoms with van der Waals surface area (Å²) < 4.78 is 5.85. The van der Waals surface area contributed by atoms with Gasteiger partial charge in [0.15, 0.2) is 0 Å². The van der Waals surface area contributed by atoms with Gasteiger partial charge in [-0.15, -0.1) is 13.2 Å². The Labute approximate surface area is 216 Å². The minimum Gasteiger partial charge on any atom is -0.444 e. The molecule has 0 aliphatic carbocycles. The number of carbonyl (C=O) groups is 1. The SMILES string of the molecule is C=CCN(C(=O)OC(C)(C)C)[C@@H](c1ccccc1)[C@@H](C=C)N(Cc1ccccc1)Cc1ccccc1. The van der Waals surface area contributed by atoms with Crippen LogP contribution in [0.4, 0.5) is 4.79 Å². The van der Waals surface area contributed by atoms with Crippen molar-refractivity contribution in [2.24, 2.45) is 0 Å². The average Bonchev–Trinajstić information content (AvgIpc) is 2.86. The molecule has 0 fully saturated rings. The molecule has 3 rings (SSSR count). The summed E-state index contributed by atoms with van der Waals surface area (Å²) in [4.78, 5) is 17.7. The molecule has 4 heteroatoms. The van der Waals surface area contributed by atoms with E-state index in [1.54, 1.807) is 11.0 Å². The van der Waals surface area contributed by atoms with E-state index in [4.69, 9.17) is 4.74 Å². The number of ether oxygens (including phenoxy) is 1. The predicted octanol–water partition coefficient (Wildman–Crippen LogP) is 7.41. The summed E-state index contributed by atoms with van der Waals surface area (Å²) in [7, 11) is 0. The molecule has 0 radical (unpaired) electrons. The fraction of sp³-hybridized carbons (Fsp3) is 0.281. The molecular formula is C32H38N2O2. The van der Waals surface area contributed by atoms with Gasteiger partial charge >= 0.3 is 6.09 Å². The van der Waals surface area contributed by atoms with E-state index in [0.717, 1.165) is 5.56 Å². The van der Waals surface area contributed by atoms with Gasteiger partial charge in [-0.3, -0.25) is 9.80 Å². The fourth-order valence-corrected chi connectivity index (χ4v) is 4.35. The lowest BCUT2D eigenvalue weighted by Gasteiger charge is -2.41. The van der Waals surface area contributed by atoms with Crippen LogP contribution < -0.4 is 0 Å². The number of hydrogen-bond acceptors (Lipinski definition) is 3. The Morgan fingerprint density at radius 1 is 0.833 bits per heavy atom. The molecule has 0 saturated heterocycles. The van der Waals surface area contributed by atoms with E-state index in [0.29, 0.717) is 19.6 Å². The summed E-state index contributed by atoms with van der Waals surface area (Å²) in [5.74, 6) is 0. The largest absolute Gasteiger partial charge is 0.444 e. The van der Waals surface area contributed by atoms with Crippen molar-refractivity contribution in [3.8, 4) is 0 Å². The maximum Gasteiger partial charge on any atom is 0.411 e. The van der Waals surface area contributed by atoms with Crippen molar-refractivity contribution in [2.75, 3.05) is 6.54 Å². The third-order valence-electron chi connectivity index (χ3n) is 5.87. The summed E-state index contributed by atoms with van der Waals surface area (Å²) in [6.07, 6.45) is 3.32. The van der Waals surface area contributed by atoms with Gasteiger partial charge in [0, 0.05) is 19.6 Å². The van der Waals surface area contributed by atoms with Crippen LogP contribution in [0.3, 0.4) is 0 Å². The average molecular weight is 483 g/mol. The summed E-state index contributed by atoms with van der Waals surface area (Å²) in [5, 5.41) is 0. The van der Waals surface area contributed by atoms with E-state index in [1.807, 2.05) is 57.2 Å². The molecule has 0 bridgehead atoms. The second kappa shape index (κ2) is 12.9. The van der Waals surface area contributed by atoms with Crippen molar-refractivity contribution < 1.29 is 9.53 Å². The molecule has 0 N–H and O–H groups in total. The summed E-state index contributed by atoms with van der Waals surface area (Å²) in [6, 6.07) is 30.4. The zero-order valence-corrected chi connectivity index (χ0v) is 21.7. The van der Waals surface area contributed by atoms with Crippen molar-refractivity contribution in [1.29, 1.82) is 0 Å². The van der Waals surface area contributed by atoms with Crippen LogP contribution in [0.5, 0.6) is 0 Å². The number of nitrogens with zero attached hydrogens (tertiary/aromatic N) is 2. The highest BCUT2D eigenvalue weighted by Crippen LogP contribution is 2.32. The van der Waals surface area contributed by atoms with Crippen molar-refractivity contribution in [2.45, 2.75) is 51.5 Å². The third-order valence-corrected chi connectivity index (χ3v) is 5.87. The van der Waals surface area contributed by atoms with Crippen LogP contribution in [0.15, 0.2) is 116 Å². The van der Waals surface area contributed by atoms with Crippen LogP contribution in [0.25, 0.3) is 0 Å². The monoisotopic (exact) mass is 482 g/mol. The van der Waals surface area contributed by atoms with E-state index in [2.05, 4.69) is 78.7 Å². The highest BCUT2D eigenvalue weighted by molar-refractivity contribution is 5.69. The molecule has 36 heavy (non-hydrogen) atoms. The van der Waals surface area contributed by atoms with Gasteiger partial charge in [-0.25, -0.2) is 4.79 Å². The first kappa shape index (κ1) is 27.0. The Kier molecular flexibility index (Phi) is 9.66. The molecular weight excluding hydrogens is 444 g/mol. The van der Waals surface area contributed by atoms with Gasteiger partial charge < -0.3 is 4.74 Å². The van der Waals surface area contributed by atoms with Crippen molar-refractivity contribution in [1.82, 2.24) is 9.80 Å². The number of carbonyl (C=O) groups excluding carboxylic acids is 1. The number of rotatable bonds is 11. The zero-order chi connectivity index (χ0) is 26.0. The Morgan fingerprint density at radius 3 is 1.72 bits per heavy atom. The minimum atomic E-state index is -0.616. The topological polar surface area (TPSA) is 32.8 Å². The second-order valence-electron chi connectivity index (χ2n) is 9.88. The lowest BCUT2D eigenvalue weighted by atomic mass is 9.95. The molecule has 3 aromatic carbocycles. The summed E-state index contributed by atoms with van der Waals surface area (Å²) in [5.41, 5.74) is 2.79. The molecule has 188 valence electrons. The Balaban J connectivity index is 2.09. The van der Waals surface area contributed by atoms with Crippen LogP contribution in [0.2, 0.25) is 0 Å². The Morgan fingerprint density at radius 2 is 1.31 bits per heavy atom. The van der Waals surface area contributed by atoms with Gasteiger partial charge in [-0.2, -0.15) is 0 Å². The van der Waals surface area contributed by atoms with E-state index in [-0.39, 0.29) is 18.2 Å². The van der Waals surface area contributed by atoms with Crippen LogP contribution in [0.1, 0.15) is 43.5 Å². The molecule has 2 atom stereocenters. The summed E-state index contributed by atoms with van der Waals surface area (Å²) >= 11 is 0. The lowest BCUT2D eigenvalue weighted by molar-refractivity contribution is 0.00811. The highest BCUT2D eigenvalue weighted by atomic mass is 16.6. The van der Waals surface area contributed by atoms with Gasteiger partial charge in [0.05, 0.1) is 12.1 Å². The first-order chi connectivity index (χ1) is 17.3. The number of benzene rings is 3. The van der Waals surface area contributed by atoms with Gasteiger partial charge in [0.2, 0.25) is 0 Å².